The van der Waals surface area contributed by atoms with Crippen molar-refractivity contribution in [2.45, 2.75) is 32.5 Å². The molecule has 0 unspecified atom stereocenters. The van der Waals surface area contributed by atoms with Crippen molar-refractivity contribution in [3.8, 4) is 16.5 Å². The fraction of sp³-hybridized carbons (Fsp3) is 0.300. The molecule has 0 saturated carbocycles. The van der Waals surface area contributed by atoms with Crippen LogP contribution in [0.25, 0.3) is 5.00 Å². The van der Waals surface area contributed by atoms with Crippen molar-refractivity contribution in [1.82, 2.24) is 14.4 Å². The van der Waals surface area contributed by atoms with Crippen LogP contribution >= 0.6 is 11.3 Å². The van der Waals surface area contributed by atoms with Crippen LogP contribution < -0.4 is 14.8 Å². The number of carbonyl (C=O) groups is 1. The van der Waals surface area contributed by atoms with Gasteiger partial charge in [0.05, 0.1) is 38.2 Å². The Kier molecular flexibility index (Phi) is 6.37. The third-order valence-corrected chi connectivity index (χ3v) is 8.80. The van der Waals surface area contributed by atoms with Crippen LogP contribution in [0.2, 0.25) is 0 Å². The molecule has 1 atom stereocenters. The van der Waals surface area contributed by atoms with Crippen LogP contribution in [0.5, 0.6) is 11.5 Å². The quantitative estimate of drug-likeness (QED) is 0.354. The van der Waals surface area contributed by atoms with Crippen LogP contribution in [-0.2, 0) is 19.5 Å². The highest BCUT2D eigenvalue weighted by Crippen LogP contribution is 2.44. The van der Waals surface area contributed by atoms with Crippen LogP contribution in [0.4, 0.5) is 10.5 Å². The molecule has 0 fully saturated rings. The normalized spacial score (nSPS) is 16.7. The van der Waals surface area contributed by atoms with Gasteiger partial charge in [0.25, 0.3) is 0 Å². The van der Waals surface area contributed by atoms with Gasteiger partial charge in [-0.05, 0) is 73.5 Å². The number of aryl methyl sites for hydroxylation is 1. The number of amides is 2. The fourth-order valence-corrected chi connectivity index (χ4v) is 7.04. The maximum atomic E-state index is 14.2. The molecule has 4 aromatic rings. The van der Waals surface area contributed by atoms with Gasteiger partial charge in [-0.2, -0.15) is 0 Å². The summed E-state index contributed by atoms with van der Waals surface area (Å²) < 4.78 is 13.3. The number of carbonyl (C=O) groups excluding carboxylic acids is 1. The van der Waals surface area contributed by atoms with Gasteiger partial charge in [0, 0.05) is 29.7 Å². The molecular formula is C30H32N4O3S. The molecule has 0 spiro atoms. The van der Waals surface area contributed by atoms with E-state index in [9.17, 15) is 4.79 Å². The molecule has 2 aliphatic rings. The number of rotatable bonds is 4. The van der Waals surface area contributed by atoms with E-state index in [1.165, 1.54) is 21.0 Å². The van der Waals surface area contributed by atoms with E-state index in [-0.39, 0.29) is 12.1 Å². The summed E-state index contributed by atoms with van der Waals surface area (Å²) in [7, 11) is 5.46. The van der Waals surface area contributed by atoms with Crippen molar-refractivity contribution in [3.63, 3.8) is 0 Å². The van der Waals surface area contributed by atoms with Gasteiger partial charge in [0.2, 0.25) is 0 Å². The summed E-state index contributed by atoms with van der Waals surface area (Å²) in [4.78, 5) is 19.9. The number of ether oxygens (including phenoxy) is 2. The summed E-state index contributed by atoms with van der Waals surface area (Å²) in [6, 6.07) is 17.6. The highest BCUT2D eigenvalue weighted by molar-refractivity contribution is 7.15. The van der Waals surface area contributed by atoms with Gasteiger partial charge in [-0.25, -0.2) is 4.79 Å². The molecule has 0 saturated heterocycles. The number of benzene rings is 2. The summed E-state index contributed by atoms with van der Waals surface area (Å²) in [5.41, 5.74) is 6.45. The summed E-state index contributed by atoms with van der Waals surface area (Å²) in [5.74, 6) is 1.43. The first-order valence-electron chi connectivity index (χ1n) is 12.8. The first kappa shape index (κ1) is 24.6. The minimum absolute atomic E-state index is 0.164. The number of likely N-dealkylation sites (N-methyl/N-ethyl adjacent to an activating group) is 1. The Hall–Kier alpha value is -3.75. The van der Waals surface area contributed by atoms with E-state index in [4.69, 9.17) is 9.47 Å². The van der Waals surface area contributed by atoms with Crippen LogP contribution in [0, 0.1) is 6.92 Å². The first-order valence-corrected chi connectivity index (χ1v) is 13.6. The van der Waals surface area contributed by atoms with Crippen molar-refractivity contribution in [3.05, 3.63) is 93.6 Å². The zero-order valence-electron chi connectivity index (χ0n) is 22.2. The van der Waals surface area contributed by atoms with Gasteiger partial charge in [-0.3, -0.25) is 0 Å². The van der Waals surface area contributed by atoms with Crippen LogP contribution in [-0.4, -0.2) is 48.2 Å². The Morgan fingerprint density at radius 3 is 2.61 bits per heavy atom. The molecule has 8 heteroatoms. The Bertz CT molecular complexity index is 1490. The summed E-state index contributed by atoms with van der Waals surface area (Å²) in [6.45, 7) is 4.49. The number of fused-ring (bicyclic) bond motifs is 5. The Morgan fingerprint density at radius 1 is 1.03 bits per heavy atom. The van der Waals surface area contributed by atoms with Crippen LogP contribution in [0.3, 0.4) is 0 Å². The van der Waals surface area contributed by atoms with E-state index in [0.29, 0.717) is 18.0 Å². The lowest BCUT2D eigenvalue weighted by Crippen LogP contribution is -2.38. The molecular weight excluding hydrogens is 496 g/mol. The van der Waals surface area contributed by atoms with Crippen molar-refractivity contribution in [2.24, 2.45) is 0 Å². The maximum absolute atomic E-state index is 14.2. The second kappa shape index (κ2) is 9.85. The van der Waals surface area contributed by atoms with Crippen molar-refractivity contribution in [1.29, 1.82) is 0 Å². The molecule has 2 aromatic carbocycles. The predicted molar refractivity (Wildman–Crippen MR) is 151 cm³/mol. The van der Waals surface area contributed by atoms with Gasteiger partial charge in [0.1, 0.15) is 16.5 Å². The van der Waals surface area contributed by atoms with E-state index >= 15 is 0 Å². The molecule has 2 aromatic heterocycles. The average molecular weight is 529 g/mol. The molecule has 2 amide bonds. The Morgan fingerprint density at radius 2 is 1.84 bits per heavy atom. The lowest BCUT2D eigenvalue weighted by atomic mass is 10.00. The van der Waals surface area contributed by atoms with Crippen molar-refractivity contribution in [2.75, 3.05) is 33.1 Å². The zero-order valence-corrected chi connectivity index (χ0v) is 23.0. The van der Waals surface area contributed by atoms with Gasteiger partial charge in [0.15, 0.2) is 0 Å². The van der Waals surface area contributed by atoms with Crippen LogP contribution in [0.15, 0.2) is 60.8 Å². The molecule has 196 valence electrons. The molecule has 0 aliphatic carbocycles. The number of nitrogens with zero attached hydrogens (tertiary/aromatic N) is 3. The van der Waals surface area contributed by atoms with E-state index in [0.717, 1.165) is 42.1 Å². The number of nitrogens with one attached hydrogen (secondary N) is 1. The number of anilines is 1. The lowest BCUT2D eigenvalue weighted by molar-refractivity contribution is 0.194. The number of urea groups is 1. The van der Waals surface area contributed by atoms with Gasteiger partial charge >= 0.3 is 6.03 Å². The molecule has 1 N–H and O–H groups in total. The maximum Gasteiger partial charge on any atom is 0.323 e. The van der Waals surface area contributed by atoms with E-state index in [2.05, 4.69) is 52.3 Å². The average Bonchev–Trinajstić information content (AvgIpc) is 3.50. The van der Waals surface area contributed by atoms with Gasteiger partial charge in [-0.1, -0.05) is 18.2 Å². The number of thiophene rings is 1. The minimum Gasteiger partial charge on any atom is -0.497 e. The highest BCUT2D eigenvalue weighted by Gasteiger charge is 2.36. The zero-order chi connectivity index (χ0) is 26.4. The first-order chi connectivity index (χ1) is 18.5. The topological polar surface area (TPSA) is 59.0 Å². The summed E-state index contributed by atoms with van der Waals surface area (Å²) in [5, 5.41) is 4.39. The number of methoxy groups -OCH3 is 2. The van der Waals surface area contributed by atoms with Crippen molar-refractivity contribution < 1.29 is 14.3 Å². The Labute approximate surface area is 227 Å². The molecule has 0 radical (unpaired) electrons. The van der Waals surface area contributed by atoms with Gasteiger partial charge in [-0.15, -0.1) is 11.3 Å². The van der Waals surface area contributed by atoms with Crippen molar-refractivity contribution >= 4 is 23.1 Å². The molecule has 4 heterocycles. The SMILES string of the molecule is COc1ccc([C@H]2c3cccn3-c3sc4c(c3CN2C(=O)Nc2cc(C)ccc2OC)CCN(C)C4)cc1. The van der Waals surface area contributed by atoms with E-state index < -0.39 is 0 Å². The highest BCUT2D eigenvalue weighted by atomic mass is 32.1. The third kappa shape index (κ3) is 4.23. The number of hydrogen-bond acceptors (Lipinski definition) is 5. The molecule has 0 bridgehead atoms. The lowest BCUT2D eigenvalue weighted by Gasteiger charge is -2.32. The molecule has 2 aliphatic heterocycles. The Balaban J connectivity index is 1.49. The third-order valence-electron chi connectivity index (χ3n) is 7.54. The standard InChI is InChI=1S/C30H32N4O3S/c1-19-7-12-26(37-4)24(16-19)31-30(35)34-17-23-22-13-15-32(2)18-27(22)38-29(23)33-14-5-6-25(33)28(34)20-8-10-21(36-3)11-9-20/h5-12,14,16,28H,13,15,17-18H2,1-4H3,(H,31,35)/t28-/m0/s1. The predicted octanol–water partition coefficient (Wildman–Crippen LogP) is 5.99. The number of hydrogen-bond donors (Lipinski definition) is 1. The monoisotopic (exact) mass is 528 g/mol. The van der Waals surface area contributed by atoms with E-state index in [1.54, 1.807) is 14.2 Å². The van der Waals surface area contributed by atoms with Gasteiger partial charge < -0.3 is 29.2 Å². The molecule has 38 heavy (non-hydrogen) atoms. The molecule has 6 rings (SSSR count). The smallest absolute Gasteiger partial charge is 0.323 e. The summed E-state index contributed by atoms with van der Waals surface area (Å²) >= 11 is 1.85. The largest absolute Gasteiger partial charge is 0.497 e. The number of aromatic nitrogens is 1. The fourth-order valence-electron chi connectivity index (χ4n) is 5.60. The minimum atomic E-state index is -0.284. The second-order valence-corrected chi connectivity index (χ2v) is 11.1. The summed E-state index contributed by atoms with van der Waals surface area (Å²) in [6.07, 6.45) is 3.12. The van der Waals surface area contributed by atoms with Crippen LogP contribution in [0.1, 0.15) is 38.9 Å². The second-order valence-electron chi connectivity index (χ2n) is 10.0. The molecule has 7 nitrogen and oxygen atoms in total. The van der Waals surface area contributed by atoms with E-state index in [1.807, 2.05) is 53.5 Å².